The third-order valence-corrected chi connectivity index (χ3v) is 4.01. The van der Waals surface area contributed by atoms with Gasteiger partial charge in [-0.2, -0.15) is 0 Å². The van der Waals surface area contributed by atoms with E-state index in [-0.39, 0.29) is 17.6 Å². The Balaban J connectivity index is 1.83. The van der Waals surface area contributed by atoms with Gasteiger partial charge in [-0.1, -0.05) is 32.9 Å². The Hall–Kier alpha value is -1.39. The first-order chi connectivity index (χ1) is 9.94. The second-order valence-corrected chi connectivity index (χ2v) is 7.19. The Morgan fingerprint density at radius 2 is 2.05 bits per heavy atom. The number of nitrogens with zero attached hydrogens (tertiary/aromatic N) is 2. The number of aromatic nitrogens is 2. The molecule has 0 spiro atoms. The van der Waals surface area contributed by atoms with E-state index >= 15 is 0 Å². The second kappa shape index (κ2) is 5.43. The minimum absolute atomic E-state index is 0.0310. The summed E-state index contributed by atoms with van der Waals surface area (Å²) in [6.07, 6.45) is 1.34. The van der Waals surface area contributed by atoms with Crippen molar-refractivity contribution in [2.24, 2.45) is 12.5 Å². The first-order valence-corrected chi connectivity index (χ1v) is 7.71. The van der Waals surface area contributed by atoms with Crippen molar-refractivity contribution in [1.29, 1.82) is 0 Å². The molecule has 21 heavy (non-hydrogen) atoms. The van der Waals surface area contributed by atoms with Gasteiger partial charge in [0.25, 0.3) is 0 Å². The van der Waals surface area contributed by atoms with Gasteiger partial charge in [-0.15, -0.1) is 0 Å². The molecule has 2 atom stereocenters. The number of hydrogen-bond donors (Lipinski definition) is 1. The summed E-state index contributed by atoms with van der Waals surface area (Å²) in [5.41, 5.74) is 2.48. The fraction of sp³-hybridized carbons (Fsp3) is 0.588. The van der Waals surface area contributed by atoms with Crippen LogP contribution in [0.15, 0.2) is 24.3 Å². The van der Waals surface area contributed by atoms with Gasteiger partial charge < -0.3 is 14.6 Å². The molecular formula is C17H25N3O. The van der Waals surface area contributed by atoms with E-state index < -0.39 is 0 Å². The summed E-state index contributed by atoms with van der Waals surface area (Å²) in [4.78, 5) is 4.76. The van der Waals surface area contributed by atoms with Crippen LogP contribution >= 0.6 is 0 Å². The highest BCUT2D eigenvalue weighted by Crippen LogP contribution is 2.29. The molecule has 1 aromatic heterocycles. The highest BCUT2D eigenvalue weighted by Gasteiger charge is 2.29. The van der Waals surface area contributed by atoms with Crippen LogP contribution in [0, 0.1) is 5.41 Å². The number of para-hydroxylation sites is 2. The van der Waals surface area contributed by atoms with Gasteiger partial charge >= 0.3 is 0 Å². The molecule has 1 saturated heterocycles. The molecule has 2 unspecified atom stereocenters. The molecule has 114 valence electrons. The lowest BCUT2D eigenvalue weighted by Crippen LogP contribution is -2.42. The maximum Gasteiger partial charge on any atom is 0.140 e. The summed E-state index contributed by atoms with van der Waals surface area (Å²) in [5.74, 6) is 1.02. The van der Waals surface area contributed by atoms with E-state index in [4.69, 9.17) is 9.72 Å². The molecule has 2 aromatic rings. The largest absolute Gasteiger partial charge is 0.364 e. The standard InChI is InChI=1S/C17H25N3O/c1-17(2,3)9-12-10-18-11-15(21-12)16-19-13-7-5-6-8-14(13)20(16)4/h5-8,12,15,18H,9-11H2,1-4H3. The predicted octanol–water partition coefficient (Wildman–Crippen LogP) is 3.04. The fourth-order valence-electron chi connectivity index (χ4n) is 3.11. The molecule has 2 heterocycles. The Morgan fingerprint density at radius 3 is 2.76 bits per heavy atom. The molecule has 1 aliphatic heterocycles. The number of rotatable bonds is 2. The zero-order valence-corrected chi connectivity index (χ0v) is 13.4. The van der Waals surface area contributed by atoms with Crippen LogP contribution in [0.2, 0.25) is 0 Å². The van der Waals surface area contributed by atoms with E-state index in [2.05, 4.69) is 55.9 Å². The first-order valence-electron chi connectivity index (χ1n) is 7.71. The molecule has 3 rings (SSSR count). The number of aryl methyl sites for hydroxylation is 1. The third kappa shape index (κ3) is 3.11. The quantitative estimate of drug-likeness (QED) is 0.922. The van der Waals surface area contributed by atoms with E-state index in [1.165, 1.54) is 0 Å². The van der Waals surface area contributed by atoms with Crippen molar-refractivity contribution in [3.05, 3.63) is 30.1 Å². The average molecular weight is 287 g/mol. The molecule has 1 fully saturated rings. The van der Waals surface area contributed by atoms with E-state index in [0.717, 1.165) is 36.4 Å². The molecule has 1 N–H and O–H groups in total. The number of ether oxygens (including phenoxy) is 1. The number of nitrogens with one attached hydrogen (secondary N) is 1. The molecule has 0 aliphatic carbocycles. The lowest BCUT2D eigenvalue weighted by molar-refractivity contribution is -0.0598. The number of hydrogen-bond acceptors (Lipinski definition) is 3. The molecule has 0 bridgehead atoms. The highest BCUT2D eigenvalue weighted by molar-refractivity contribution is 5.75. The van der Waals surface area contributed by atoms with Crippen LogP contribution in [0.4, 0.5) is 0 Å². The summed E-state index contributed by atoms with van der Waals surface area (Å²) in [6, 6.07) is 8.24. The number of imidazole rings is 1. The fourth-order valence-corrected chi connectivity index (χ4v) is 3.11. The van der Waals surface area contributed by atoms with Crippen molar-refractivity contribution in [1.82, 2.24) is 14.9 Å². The third-order valence-electron chi connectivity index (χ3n) is 4.01. The van der Waals surface area contributed by atoms with Crippen LogP contribution in [0.1, 0.15) is 39.1 Å². The van der Waals surface area contributed by atoms with Crippen molar-refractivity contribution in [2.75, 3.05) is 13.1 Å². The van der Waals surface area contributed by atoms with Crippen molar-refractivity contribution < 1.29 is 4.74 Å². The number of benzene rings is 1. The molecular weight excluding hydrogens is 262 g/mol. The topological polar surface area (TPSA) is 39.1 Å². The minimum atomic E-state index is 0.0310. The van der Waals surface area contributed by atoms with E-state index in [1.54, 1.807) is 0 Å². The maximum absolute atomic E-state index is 6.31. The van der Waals surface area contributed by atoms with Crippen molar-refractivity contribution in [2.45, 2.75) is 39.4 Å². The number of fused-ring (bicyclic) bond motifs is 1. The molecule has 0 amide bonds. The molecule has 0 saturated carbocycles. The van der Waals surface area contributed by atoms with Gasteiger partial charge in [-0.25, -0.2) is 4.98 Å². The van der Waals surface area contributed by atoms with Crippen LogP contribution in [-0.2, 0) is 11.8 Å². The summed E-state index contributed by atoms with van der Waals surface area (Å²) < 4.78 is 8.47. The zero-order chi connectivity index (χ0) is 15.0. The second-order valence-electron chi connectivity index (χ2n) is 7.19. The van der Waals surface area contributed by atoms with Gasteiger partial charge in [0.05, 0.1) is 17.1 Å². The minimum Gasteiger partial charge on any atom is -0.364 e. The molecule has 1 aromatic carbocycles. The van der Waals surface area contributed by atoms with Crippen LogP contribution in [0.5, 0.6) is 0 Å². The van der Waals surface area contributed by atoms with Crippen molar-refractivity contribution in [3.63, 3.8) is 0 Å². The monoisotopic (exact) mass is 287 g/mol. The Labute approximate surface area is 126 Å². The average Bonchev–Trinajstić information content (AvgIpc) is 2.75. The smallest absolute Gasteiger partial charge is 0.140 e. The molecule has 0 radical (unpaired) electrons. The normalized spacial score (nSPS) is 23.6. The summed E-state index contributed by atoms with van der Waals surface area (Å²) in [6.45, 7) is 8.54. The lowest BCUT2D eigenvalue weighted by Gasteiger charge is -2.34. The van der Waals surface area contributed by atoms with E-state index in [9.17, 15) is 0 Å². The number of morpholine rings is 1. The lowest BCUT2D eigenvalue weighted by atomic mass is 9.88. The van der Waals surface area contributed by atoms with Crippen LogP contribution in [0.25, 0.3) is 11.0 Å². The molecule has 1 aliphatic rings. The van der Waals surface area contributed by atoms with Gasteiger partial charge in [0, 0.05) is 20.1 Å². The van der Waals surface area contributed by atoms with E-state index in [0.29, 0.717) is 0 Å². The van der Waals surface area contributed by atoms with Crippen LogP contribution in [0.3, 0.4) is 0 Å². The van der Waals surface area contributed by atoms with Crippen LogP contribution in [-0.4, -0.2) is 28.7 Å². The molecule has 4 heteroatoms. The highest BCUT2D eigenvalue weighted by atomic mass is 16.5. The summed E-state index contributed by atoms with van der Waals surface area (Å²) in [5, 5.41) is 3.50. The van der Waals surface area contributed by atoms with E-state index in [1.807, 2.05) is 6.07 Å². The summed E-state index contributed by atoms with van der Waals surface area (Å²) in [7, 11) is 2.07. The maximum atomic E-state index is 6.31. The van der Waals surface area contributed by atoms with Crippen molar-refractivity contribution >= 4 is 11.0 Å². The first kappa shape index (κ1) is 14.5. The Kier molecular flexibility index (Phi) is 3.76. The predicted molar refractivity (Wildman–Crippen MR) is 85.3 cm³/mol. The van der Waals surface area contributed by atoms with Gasteiger partial charge in [0.15, 0.2) is 0 Å². The van der Waals surface area contributed by atoms with Gasteiger partial charge in [0.1, 0.15) is 11.9 Å². The molecule has 4 nitrogen and oxygen atoms in total. The van der Waals surface area contributed by atoms with Gasteiger partial charge in [-0.05, 0) is 24.0 Å². The Bertz CT molecular complexity index is 626. The summed E-state index contributed by atoms with van der Waals surface area (Å²) >= 11 is 0. The van der Waals surface area contributed by atoms with Crippen molar-refractivity contribution in [3.8, 4) is 0 Å². The van der Waals surface area contributed by atoms with Gasteiger partial charge in [0.2, 0.25) is 0 Å². The SMILES string of the molecule is Cn1c(C2CNCC(CC(C)(C)C)O2)nc2ccccc21. The van der Waals surface area contributed by atoms with Gasteiger partial charge in [-0.3, -0.25) is 0 Å². The zero-order valence-electron chi connectivity index (χ0n) is 13.4. The Morgan fingerprint density at radius 1 is 1.29 bits per heavy atom. The van der Waals surface area contributed by atoms with Crippen LogP contribution < -0.4 is 5.32 Å².